The molecule has 7 heteroatoms. The first-order valence-electron chi connectivity index (χ1n) is 6.44. The molecule has 1 amide bonds. The van der Waals surface area contributed by atoms with E-state index in [9.17, 15) is 13.2 Å². The molecule has 0 atom stereocenters. The molecule has 2 aromatic carbocycles. The van der Waals surface area contributed by atoms with E-state index in [0.717, 1.165) is 15.0 Å². The first kappa shape index (κ1) is 16.5. The zero-order valence-electron chi connectivity index (χ0n) is 11.9. The van der Waals surface area contributed by atoms with Crippen LogP contribution in [-0.2, 0) is 14.8 Å². The Labute approximate surface area is 138 Å². The van der Waals surface area contributed by atoms with E-state index in [1.165, 1.54) is 0 Å². The van der Waals surface area contributed by atoms with Gasteiger partial charge in [0.15, 0.2) is 0 Å². The standard InChI is InChI=1S/C15H15BrN2O3S/c1-22(20,21)18(14-5-3-2-4-6-14)11-15(19)17-13-9-7-12(16)8-10-13/h2-10H,11H2,1H3,(H,17,19). The second-order valence-electron chi connectivity index (χ2n) is 4.66. The Bertz CT molecular complexity index is 746. The van der Waals surface area contributed by atoms with Gasteiger partial charge in [-0.25, -0.2) is 8.42 Å². The molecule has 22 heavy (non-hydrogen) atoms. The SMILES string of the molecule is CS(=O)(=O)N(CC(=O)Nc1ccc(Br)cc1)c1ccccc1. The van der Waals surface area contributed by atoms with Crippen molar-refractivity contribution in [3.8, 4) is 0 Å². The van der Waals surface area contributed by atoms with E-state index in [2.05, 4.69) is 21.2 Å². The topological polar surface area (TPSA) is 66.5 Å². The van der Waals surface area contributed by atoms with Gasteiger partial charge in [-0.05, 0) is 36.4 Å². The number of anilines is 2. The van der Waals surface area contributed by atoms with Gasteiger partial charge in [0, 0.05) is 10.2 Å². The predicted molar refractivity (Wildman–Crippen MR) is 91.4 cm³/mol. The van der Waals surface area contributed by atoms with E-state index < -0.39 is 15.9 Å². The van der Waals surface area contributed by atoms with E-state index in [1.54, 1.807) is 54.6 Å². The van der Waals surface area contributed by atoms with Crippen LogP contribution >= 0.6 is 15.9 Å². The Morgan fingerprint density at radius 3 is 2.23 bits per heavy atom. The molecule has 116 valence electrons. The average Bonchev–Trinajstić information content (AvgIpc) is 2.47. The zero-order valence-corrected chi connectivity index (χ0v) is 14.3. The summed E-state index contributed by atoms with van der Waals surface area (Å²) in [6, 6.07) is 15.6. The molecule has 1 N–H and O–H groups in total. The summed E-state index contributed by atoms with van der Waals surface area (Å²) in [5.41, 5.74) is 1.06. The number of sulfonamides is 1. The average molecular weight is 383 g/mol. The van der Waals surface area contributed by atoms with Crippen LogP contribution in [0.15, 0.2) is 59.1 Å². The molecule has 0 aliphatic heterocycles. The molecule has 0 fully saturated rings. The molecular weight excluding hydrogens is 368 g/mol. The number of benzene rings is 2. The Morgan fingerprint density at radius 2 is 1.68 bits per heavy atom. The number of para-hydroxylation sites is 1. The van der Waals surface area contributed by atoms with Gasteiger partial charge in [-0.2, -0.15) is 0 Å². The first-order chi connectivity index (χ1) is 10.4. The summed E-state index contributed by atoms with van der Waals surface area (Å²) in [7, 11) is -3.55. The Morgan fingerprint density at radius 1 is 1.09 bits per heavy atom. The van der Waals surface area contributed by atoms with Crippen molar-refractivity contribution in [3.63, 3.8) is 0 Å². The highest BCUT2D eigenvalue weighted by Crippen LogP contribution is 2.17. The van der Waals surface area contributed by atoms with Gasteiger partial charge in [-0.15, -0.1) is 0 Å². The van der Waals surface area contributed by atoms with Crippen LogP contribution in [0.25, 0.3) is 0 Å². The number of carbonyl (C=O) groups excluding carboxylic acids is 1. The van der Waals surface area contributed by atoms with Crippen molar-refractivity contribution in [1.29, 1.82) is 0 Å². The van der Waals surface area contributed by atoms with Crippen LogP contribution in [0.4, 0.5) is 11.4 Å². The molecule has 0 bridgehead atoms. The van der Waals surface area contributed by atoms with Crippen molar-refractivity contribution in [1.82, 2.24) is 0 Å². The number of hydrogen-bond donors (Lipinski definition) is 1. The fourth-order valence-corrected chi connectivity index (χ4v) is 2.98. The predicted octanol–water partition coefficient (Wildman–Crippen LogP) is 2.85. The van der Waals surface area contributed by atoms with Gasteiger partial charge in [0.1, 0.15) is 6.54 Å². The highest BCUT2D eigenvalue weighted by Gasteiger charge is 2.20. The molecular formula is C15H15BrN2O3S. The molecule has 0 aromatic heterocycles. The molecule has 0 saturated heterocycles. The number of hydrogen-bond acceptors (Lipinski definition) is 3. The highest BCUT2D eigenvalue weighted by molar-refractivity contribution is 9.10. The third kappa shape index (κ3) is 4.57. The first-order valence-corrected chi connectivity index (χ1v) is 9.08. The maximum Gasteiger partial charge on any atom is 0.245 e. The Kier molecular flexibility index (Phi) is 5.20. The van der Waals surface area contributed by atoms with Gasteiger partial charge >= 0.3 is 0 Å². The van der Waals surface area contributed by atoms with Crippen molar-refractivity contribution in [2.24, 2.45) is 0 Å². The van der Waals surface area contributed by atoms with Crippen LogP contribution < -0.4 is 9.62 Å². The fraction of sp³-hybridized carbons (Fsp3) is 0.133. The number of nitrogens with one attached hydrogen (secondary N) is 1. The van der Waals surface area contributed by atoms with Crippen LogP contribution in [0, 0.1) is 0 Å². The minimum Gasteiger partial charge on any atom is -0.325 e. The monoisotopic (exact) mass is 382 g/mol. The molecule has 0 saturated carbocycles. The summed E-state index contributed by atoms with van der Waals surface area (Å²) < 4.78 is 25.8. The second kappa shape index (κ2) is 6.93. The van der Waals surface area contributed by atoms with Crippen LogP contribution in [0.5, 0.6) is 0 Å². The van der Waals surface area contributed by atoms with Crippen molar-refractivity contribution in [2.75, 3.05) is 22.4 Å². The number of amides is 1. The van der Waals surface area contributed by atoms with Crippen LogP contribution in [0.3, 0.4) is 0 Å². The van der Waals surface area contributed by atoms with Crippen molar-refractivity contribution in [3.05, 3.63) is 59.1 Å². The smallest absolute Gasteiger partial charge is 0.245 e. The van der Waals surface area contributed by atoms with Crippen molar-refractivity contribution < 1.29 is 13.2 Å². The summed E-state index contributed by atoms with van der Waals surface area (Å²) >= 11 is 3.31. The van der Waals surface area contributed by atoms with Gasteiger partial charge < -0.3 is 5.32 Å². The Balaban J connectivity index is 2.14. The summed E-state index contributed by atoms with van der Waals surface area (Å²) in [4.78, 5) is 12.1. The summed E-state index contributed by atoms with van der Waals surface area (Å²) in [6.07, 6.45) is 1.08. The largest absolute Gasteiger partial charge is 0.325 e. The molecule has 0 aliphatic carbocycles. The number of rotatable bonds is 5. The molecule has 0 unspecified atom stereocenters. The zero-order chi connectivity index (χ0) is 16.2. The number of halogens is 1. The highest BCUT2D eigenvalue weighted by atomic mass is 79.9. The summed E-state index contributed by atoms with van der Waals surface area (Å²) in [5.74, 6) is -0.406. The third-order valence-corrected chi connectivity index (χ3v) is 4.53. The number of nitrogens with zero attached hydrogens (tertiary/aromatic N) is 1. The van der Waals surface area contributed by atoms with E-state index in [-0.39, 0.29) is 6.54 Å². The lowest BCUT2D eigenvalue weighted by Crippen LogP contribution is -2.37. The molecule has 0 heterocycles. The molecule has 0 radical (unpaired) electrons. The van der Waals surface area contributed by atoms with Crippen LogP contribution in [-0.4, -0.2) is 27.1 Å². The van der Waals surface area contributed by atoms with Gasteiger partial charge in [0.2, 0.25) is 15.9 Å². The lowest BCUT2D eigenvalue weighted by molar-refractivity contribution is -0.114. The fourth-order valence-electron chi connectivity index (χ4n) is 1.86. The second-order valence-corrected chi connectivity index (χ2v) is 7.48. The van der Waals surface area contributed by atoms with Gasteiger partial charge in [0.05, 0.1) is 11.9 Å². The summed E-state index contributed by atoms with van der Waals surface area (Å²) in [6.45, 7) is -0.279. The minimum atomic E-state index is -3.55. The lowest BCUT2D eigenvalue weighted by Gasteiger charge is -2.21. The maximum atomic E-state index is 12.1. The quantitative estimate of drug-likeness (QED) is 0.864. The van der Waals surface area contributed by atoms with Crippen molar-refractivity contribution in [2.45, 2.75) is 0 Å². The van der Waals surface area contributed by atoms with Gasteiger partial charge in [-0.3, -0.25) is 9.10 Å². The lowest BCUT2D eigenvalue weighted by atomic mass is 10.3. The molecule has 0 aliphatic rings. The minimum absolute atomic E-state index is 0.279. The summed E-state index contributed by atoms with van der Waals surface area (Å²) in [5, 5.41) is 2.68. The van der Waals surface area contributed by atoms with Crippen molar-refractivity contribution >= 4 is 43.2 Å². The van der Waals surface area contributed by atoms with Gasteiger partial charge in [0.25, 0.3) is 0 Å². The van der Waals surface area contributed by atoms with E-state index in [1.807, 2.05) is 0 Å². The van der Waals surface area contributed by atoms with Gasteiger partial charge in [-0.1, -0.05) is 34.1 Å². The van der Waals surface area contributed by atoms with E-state index in [4.69, 9.17) is 0 Å². The molecule has 5 nitrogen and oxygen atoms in total. The van der Waals surface area contributed by atoms with E-state index in [0.29, 0.717) is 11.4 Å². The molecule has 0 spiro atoms. The Hall–Kier alpha value is -1.86. The molecule has 2 rings (SSSR count). The maximum absolute atomic E-state index is 12.1. The van der Waals surface area contributed by atoms with Crippen LogP contribution in [0.2, 0.25) is 0 Å². The van der Waals surface area contributed by atoms with E-state index >= 15 is 0 Å². The van der Waals surface area contributed by atoms with Crippen LogP contribution in [0.1, 0.15) is 0 Å². The third-order valence-electron chi connectivity index (χ3n) is 2.86. The molecule has 2 aromatic rings. The normalized spacial score (nSPS) is 11.0. The number of carbonyl (C=O) groups is 1.